The van der Waals surface area contributed by atoms with E-state index in [1.807, 2.05) is 19.1 Å². The summed E-state index contributed by atoms with van der Waals surface area (Å²) < 4.78 is 29.1. The number of sulfonamides is 1. The van der Waals surface area contributed by atoms with E-state index >= 15 is 0 Å². The van der Waals surface area contributed by atoms with Gasteiger partial charge in [-0.15, -0.1) is 0 Å². The highest BCUT2D eigenvalue weighted by Crippen LogP contribution is 2.22. The quantitative estimate of drug-likeness (QED) is 0.870. The lowest BCUT2D eigenvalue weighted by molar-refractivity contribution is -0.121. The first kappa shape index (κ1) is 17.6. The Morgan fingerprint density at radius 1 is 1.28 bits per heavy atom. The second kappa shape index (κ2) is 6.97. The molecule has 1 N–H and O–H groups in total. The summed E-state index contributed by atoms with van der Waals surface area (Å²) in [5.41, 5.74) is 1.51. The van der Waals surface area contributed by atoms with Gasteiger partial charge in [-0.25, -0.2) is 13.1 Å². The Labute approximate surface area is 147 Å². The van der Waals surface area contributed by atoms with Crippen molar-refractivity contribution >= 4 is 21.7 Å². The third-order valence-corrected chi connectivity index (χ3v) is 5.57. The molecule has 1 aromatic carbocycles. The summed E-state index contributed by atoms with van der Waals surface area (Å²) in [5, 5.41) is 4.26. The Bertz CT molecular complexity index is 861. The van der Waals surface area contributed by atoms with Crippen LogP contribution in [-0.2, 0) is 27.6 Å². The van der Waals surface area contributed by atoms with Crippen LogP contribution >= 0.6 is 0 Å². The largest absolute Gasteiger partial charge is 0.296 e. The number of nitrogens with zero attached hydrogens (tertiary/aromatic N) is 3. The highest BCUT2D eigenvalue weighted by molar-refractivity contribution is 7.88. The minimum Gasteiger partial charge on any atom is -0.296 e. The normalized spacial score (nSPS) is 18.6. The summed E-state index contributed by atoms with van der Waals surface area (Å²) in [4.78, 5) is 14.4. The van der Waals surface area contributed by atoms with Gasteiger partial charge in [0.15, 0.2) is 0 Å². The first-order valence-electron chi connectivity index (χ1n) is 8.22. The maximum absolute atomic E-state index is 12.8. The summed E-state index contributed by atoms with van der Waals surface area (Å²) in [6.07, 6.45) is 1.23. The van der Waals surface area contributed by atoms with Gasteiger partial charge >= 0.3 is 0 Å². The molecule has 0 radical (unpaired) electrons. The zero-order valence-corrected chi connectivity index (χ0v) is 15.2. The van der Waals surface area contributed by atoms with Gasteiger partial charge in [-0.1, -0.05) is 30.3 Å². The van der Waals surface area contributed by atoms with Gasteiger partial charge in [0.1, 0.15) is 11.9 Å². The Balaban J connectivity index is 1.74. The summed E-state index contributed by atoms with van der Waals surface area (Å²) >= 11 is 0. The van der Waals surface area contributed by atoms with Crippen molar-refractivity contribution in [2.75, 3.05) is 11.4 Å². The first-order chi connectivity index (χ1) is 11.9. The average molecular weight is 362 g/mol. The Morgan fingerprint density at radius 3 is 2.64 bits per heavy atom. The Morgan fingerprint density at radius 2 is 2.00 bits per heavy atom. The predicted octanol–water partition coefficient (Wildman–Crippen LogP) is 1.34. The highest BCUT2D eigenvalue weighted by Gasteiger charge is 2.33. The van der Waals surface area contributed by atoms with Crippen LogP contribution in [0.2, 0.25) is 0 Å². The van der Waals surface area contributed by atoms with Crippen molar-refractivity contribution in [1.82, 2.24) is 14.5 Å². The molecule has 25 heavy (non-hydrogen) atoms. The van der Waals surface area contributed by atoms with Crippen LogP contribution in [0, 0.1) is 6.92 Å². The number of rotatable bonds is 5. The standard InChI is InChI=1S/C17H22N4O3S/c1-13-11-16(20(2)18-13)21-10-6-9-15(17(21)22)19-25(23,24)12-14-7-4-3-5-8-14/h3-5,7-8,11,15,19H,6,9-10,12H2,1-2H3/t15-/m1/s1. The molecule has 0 bridgehead atoms. The molecule has 1 fully saturated rings. The summed E-state index contributed by atoms with van der Waals surface area (Å²) in [6.45, 7) is 2.42. The van der Waals surface area contributed by atoms with Crippen LogP contribution in [0.4, 0.5) is 5.82 Å². The molecule has 1 atom stereocenters. The van der Waals surface area contributed by atoms with E-state index in [0.29, 0.717) is 24.3 Å². The van der Waals surface area contributed by atoms with E-state index in [2.05, 4.69) is 9.82 Å². The molecule has 2 heterocycles. The van der Waals surface area contributed by atoms with Crippen molar-refractivity contribution in [3.63, 3.8) is 0 Å². The first-order valence-corrected chi connectivity index (χ1v) is 9.87. The van der Waals surface area contributed by atoms with Crippen molar-refractivity contribution in [2.24, 2.45) is 7.05 Å². The molecule has 0 unspecified atom stereocenters. The number of hydrogen-bond acceptors (Lipinski definition) is 4. The van der Waals surface area contributed by atoms with Gasteiger partial charge in [0.2, 0.25) is 15.9 Å². The van der Waals surface area contributed by atoms with Crippen LogP contribution in [0.1, 0.15) is 24.1 Å². The minimum absolute atomic E-state index is 0.136. The van der Waals surface area contributed by atoms with E-state index in [0.717, 1.165) is 12.1 Å². The molecule has 7 nitrogen and oxygen atoms in total. The molecule has 1 amide bonds. The van der Waals surface area contributed by atoms with Crippen LogP contribution in [0.5, 0.6) is 0 Å². The third kappa shape index (κ3) is 4.08. The van der Waals surface area contributed by atoms with Gasteiger partial charge in [0.25, 0.3) is 0 Å². The SMILES string of the molecule is Cc1cc(N2CCC[C@@H](NS(=O)(=O)Cc3ccccc3)C2=O)n(C)n1. The number of carbonyl (C=O) groups is 1. The Hall–Kier alpha value is -2.19. The molecule has 1 aliphatic heterocycles. The number of nitrogens with one attached hydrogen (secondary N) is 1. The van der Waals surface area contributed by atoms with E-state index < -0.39 is 16.1 Å². The van der Waals surface area contributed by atoms with Crippen molar-refractivity contribution in [2.45, 2.75) is 31.6 Å². The molecule has 1 saturated heterocycles. The number of hydrogen-bond donors (Lipinski definition) is 1. The van der Waals surface area contributed by atoms with E-state index in [9.17, 15) is 13.2 Å². The van der Waals surface area contributed by atoms with Crippen molar-refractivity contribution in [3.8, 4) is 0 Å². The summed E-state index contributed by atoms with van der Waals surface area (Å²) in [5.74, 6) is 0.322. The minimum atomic E-state index is -3.60. The fraction of sp³-hybridized carbons (Fsp3) is 0.412. The van der Waals surface area contributed by atoms with Crippen molar-refractivity contribution in [3.05, 3.63) is 47.7 Å². The van der Waals surface area contributed by atoms with Gasteiger partial charge in [-0.05, 0) is 25.3 Å². The number of anilines is 1. The van der Waals surface area contributed by atoms with Gasteiger partial charge in [0.05, 0.1) is 11.4 Å². The van der Waals surface area contributed by atoms with E-state index in [4.69, 9.17) is 0 Å². The third-order valence-electron chi connectivity index (χ3n) is 4.21. The predicted molar refractivity (Wildman–Crippen MR) is 95.5 cm³/mol. The zero-order chi connectivity index (χ0) is 18.0. The van der Waals surface area contributed by atoms with Crippen LogP contribution in [0.15, 0.2) is 36.4 Å². The van der Waals surface area contributed by atoms with Crippen molar-refractivity contribution < 1.29 is 13.2 Å². The molecule has 0 saturated carbocycles. The molecular weight excluding hydrogens is 340 g/mol. The van der Waals surface area contributed by atoms with E-state index in [1.165, 1.54) is 0 Å². The maximum Gasteiger partial charge on any atom is 0.246 e. The molecule has 1 aliphatic rings. The second-order valence-corrected chi connectivity index (χ2v) is 8.07. The van der Waals surface area contributed by atoms with Gasteiger partial charge in [-0.2, -0.15) is 5.10 Å². The molecule has 0 spiro atoms. The number of benzene rings is 1. The smallest absolute Gasteiger partial charge is 0.246 e. The number of aryl methyl sites for hydroxylation is 2. The van der Waals surface area contributed by atoms with Crippen LogP contribution in [0.25, 0.3) is 0 Å². The maximum atomic E-state index is 12.8. The topological polar surface area (TPSA) is 84.3 Å². The van der Waals surface area contributed by atoms with E-state index in [-0.39, 0.29) is 11.7 Å². The summed E-state index contributed by atoms with van der Waals surface area (Å²) in [6, 6.07) is 10.0. The highest BCUT2D eigenvalue weighted by atomic mass is 32.2. The lowest BCUT2D eigenvalue weighted by Crippen LogP contribution is -2.53. The summed E-state index contributed by atoms with van der Waals surface area (Å²) in [7, 11) is -1.82. The van der Waals surface area contributed by atoms with Crippen LogP contribution < -0.4 is 9.62 Å². The fourth-order valence-corrected chi connectivity index (χ4v) is 4.48. The zero-order valence-electron chi connectivity index (χ0n) is 14.3. The number of piperidine rings is 1. The van der Waals surface area contributed by atoms with Crippen molar-refractivity contribution in [1.29, 1.82) is 0 Å². The monoisotopic (exact) mass is 362 g/mol. The van der Waals surface area contributed by atoms with Crippen LogP contribution in [-0.4, -0.2) is 36.7 Å². The Kier molecular flexibility index (Phi) is 4.91. The number of amides is 1. The molecular formula is C17H22N4O3S. The van der Waals surface area contributed by atoms with Gasteiger partial charge < -0.3 is 0 Å². The van der Waals surface area contributed by atoms with Gasteiger partial charge in [0, 0.05) is 19.7 Å². The molecule has 0 aliphatic carbocycles. The molecule has 134 valence electrons. The number of carbonyl (C=O) groups excluding carboxylic acids is 1. The average Bonchev–Trinajstić information content (AvgIpc) is 2.88. The second-order valence-electron chi connectivity index (χ2n) is 6.31. The lowest BCUT2D eigenvalue weighted by atomic mass is 10.1. The lowest BCUT2D eigenvalue weighted by Gasteiger charge is -2.32. The molecule has 2 aromatic rings. The molecule has 1 aromatic heterocycles. The fourth-order valence-electron chi connectivity index (χ4n) is 3.11. The molecule has 8 heteroatoms. The van der Waals surface area contributed by atoms with Gasteiger partial charge in [-0.3, -0.25) is 14.4 Å². The molecule has 3 rings (SSSR count). The number of aromatic nitrogens is 2. The van der Waals surface area contributed by atoms with E-state index in [1.54, 1.807) is 40.9 Å². The van der Waals surface area contributed by atoms with Crippen LogP contribution in [0.3, 0.4) is 0 Å².